The van der Waals surface area contributed by atoms with E-state index in [1.54, 1.807) is 0 Å². The highest BCUT2D eigenvalue weighted by molar-refractivity contribution is 7.92. The van der Waals surface area contributed by atoms with Crippen LogP contribution in [0.3, 0.4) is 0 Å². The molecule has 8 nitrogen and oxygen atoms in total. The number of carboxylic acids is 1. The van der Waals surface area contributed by atoms with E-state index in [-0.39, 0.29) is 40.7 Å². The molecule has 0 aromatic heterocycles. The molecule has 0 aliphatic carbocycles. The molecule has 0 saturated heterocycles. The molecule has 0 amide bonds. The summed E-state index contributed by atoms with van der Waals surface area (Å²) in [5.74, 6) is -1.76. The summed E-state index contributed by atoms with van der Waals surface area (Å²) >= 11 is 6.05. The van der Waals surface area contributed by atoms with E-state index in [0.717, 1.165) is 40.7 Å². The molecular weight excluding hydrogens is 403 g/mol. The van der Waals surface area contributed by atoms with Crippen molar-refractivity contribution in [1.29, 1.82) is 0 Å². The normalized spacial score (nSPS) is 11.2. The van der Waals surface area contributed by atoms with Crippen LogP contribution in [0.1, 0.15) is 12.8 Å². The number of benzene rings is 2. The second kappa shape index (κ2) is 8.31. The summed E-state index contributed by atoms with van der Waals surface area (Å²) in [6.45, 7) is -0.285. The van der Waals surface area contributed by atoms with E-state index in [1.165, 1.54) is 6.07 Å². The van der Waals surface area contributed by atoms with Crippen LogP contribution in [0.2, 0.25) is 5.02 Å². The minimum absolute atomic E-state index is 0.0607. The van der Waals surface area contributed by atoms with Crippen molar-refractivity contribution in [1.82, 2.24) is 0 Å². The van der Waals surface area contributed by atoms with Crippen molar-refractivity contribution in [3.05, 3.63) is 63.4 Å². The van der Waals surface area contributed by atoms with Crippen molar-refractivity contribution < 1.29 is 27.6 Å². The molecule has 2 rings (SSSR count). The maximum atomic E-state index is 13.1. The second-order valence-corrected chi connectivity index (χ2v) is 7.69. The van der Waals surface area contributed by atoms with Crippen LogP contribution in [-0.4, -0.2) is 31.0 Å². The monoisotopic (exact) mass is 416 g/mol. The first kappa shape index (κ1) is 20.6. The molecule has 0 bridgehead atoms. The molecule has 0 heterocycles. The Hall–Kier alpha value is -2.72. The molecule has 27 heavy (non-hydrogen) atoms. The van der Waals surface area contributed by atoms with Gasteiger partial charge in [0.1, 0.15) is 5.82 Å². The number of rotatable bonds is 8. The van der Waals surface area contributed by atoms with Gasteiger partial charge < -0.3 is 5.11 Å². The highest BCUT2D eigenvalue weighted by Gasteiger charge is 2.28. The average molecular weight is 417 g/mol. The van der Waals surface area contributed by atoms with Gasteiger partial charge in [0.05, 0.1) is 20.5 Å². The molecular formula is C16H14ClFN2O6S. The first-order valence-electron chi connectivity index (χ1n) is 7.57. The van der Waals surface area contributed by atoms with Gasteiger partial charge >= 0.3 is 5.97 Å². The van der Waals surface area contributed by atoms with Crippen LogP contribution in [-0.2, 0) is 14.8 Å². The van der Waals surface area contributed by atoms with Crippen molar-refractivity contribution in [2.75, 3.05) is 10.8 Å². The van der Waals surface area contributed by atoms with Gasteiger partial charge in [-0.25, -0.2) is 12.8 Å². The number of sulfonamides is 1. The third kappa shape index (κ3) is 4.92. The van der Waals surface area contributed by atoms with E-state index < -0.39 is 26.7 Å². The number of nitro groups is 1. The van der Waals surface area contributed by atoms with E-state index in [2.05, 4.69) is 0 Å². The zero-order chi connectivity index (χ0) is 20.2. The van der Waals surface area contributed by atoms with E-state index in [4.69, 9.17) is 16.7 Å². The maximum absolute atomic E-state index is 13.1. The Morgan fingerprint density at radius 3 is 2.41 bits per heavy atom. The fourth-order valence-electron chi connectivity index (χ4n) is 2.28. The minimum atomic E-state index is -4.27. The molecule has 0 aliphatic heterocycles. The number of carbonyl (C=O) groups is 1. The molecule has 2 aromatic rings. The van der Waals surface area contributed by atoms with Gasteiger partial charge in [-0.15, -0.1) is 0 Å². The zero-order valence-corrected chi connectivity index (χ0v) is 15.3. The molecule has 2 aromatic carbocycles. The lowest BCUT2D eigenvalue weighted by Gasteiger charge is -2.25. The third-order valence-corrected chi connectivity index (χ3v) is 5.71. The van der Waals surface area contributed by atoms with Crippen LogP contribution in [0, 0.1) is 15.9 Å². The molecule has 0 radical (unpaired) electrons. The van der Waals surface area contributed by atoms with Gasteiger partial charge in [0.2, 0.25) is 0 Å². The zero-order valence-electron chi connectivity index (χ0n) is 13.7. The van der Waals surface area contributed by atoms with Crippen molar-refractivity contribution in [2.45, 2.75) is 17.7 Å². The molecule has 1 N–H and O–H groups in total. The summed E-state index contributed by atoms with van der Waals surface area (Å²) in [5.41, 5.74) is -0.549. The largest absolute Gasteiger partial charge is 0.481 e. The van der Waals surface area contributed by atoms with Crippen LogP contribution < -0.4 is 4.31 Å². The SMILES string of the molecule is O=C(O)CCCN(c1cc([N+](=O)[O-])ccc1Cl)S(=O)(=O)c1ccc(F)cc1. The van der Waals surface area contributed by atoms with Crippen LogP contribution >= 0.6 is 11.6 Å². The highest BCUT2D eigenvalue weighted by Crippen LogP contribution is 2.34. The number of nitro benzene ring substituents is 1. The number of nitrogens with zero attached hydrogens (tertiary/aromatic N) is 2. The topological polar surface area (TPSA) is 118 Å². The molecule has 0 fully saturated rings. The van der Waals surface area contributed by atoms with Gasteiger partial charge in [-0.05, 0) is 36.8 Å². The number of hydrogen-bond acceptors (Lipinski definition) is 5. The Morgan fingerprint density at radius 1 is 1.22 bits per heavy atom. The quantitative estimate of drug-likeness (QED) is 0.520. The standard InChI is InChI=1S/C16H14ClFN2O6S/c17-14-8-5-12(20(23)24)10-15(14)19(9-1-2-16(21)22)27(25,26)13-6-3-11(18)4-7-13/h3-8,10H,1-2,9H2,(H,21,22). The summed E-state index contributed by atoms with van der Waals surface area (Å²) in [4.78, 5) is 20.8. The minimum Gasteiger partial charge on any atom is -0.481 e. The molecule has 0 aliphatic rings. The molecule has 0 saturated carbocycles. The molecule has 0 atom stereocenters. The smallest absolute Gasteiger partial charge is 0.303 e. The van der Waals surface area contributed by atoms with Crippen LogP contribution in [0.15, 0.2) is 47.4 Å². The molecule has 11 heteroatoms. The van der Waals surface area contributed by atoms with Gasteiger partial charge in [0.25, 0.3) is 15.7 Å². The fraction of sp³-hybridized carbons (Fsp3) is 0.188. The number of aliphatic carboxylic acids is 1. The first-order chi connectivity index (χ1) is 12.6. The van der Waals surface area contributed by atoms with Crippen LogP contribution in [0.4, 0.5) is 15.8 Å². The van der Waals surface area contributed by atoms with E-state index >= 15 is 0 Å². The Kier molecular flexibility index (Phi) is 6.34. The Morgan fingerprint density at radius 2 is 1.85 bits per heavy atom. The third-order valence-electron chi connectivity index (χ3n) is 3.56. The van der Waals surface area contributed by atoms with Gasteiger partial charge in [0, 0.05) is 25.1 Å². The van der Waals surface area contributed by atoms with Gasteiger partial charge in [0.15, 0.2) is 0 Å². The van der Waals surface area contributed by atoms with Gasteiger partial charge in [-0.3, -0.25) is 19.2 Å². The molecule has 0 unspecified atom stereocenters. The van der Waals surface area contributed by atoms with Crippen LogP contribution in [0.5, 0.6) is 0 Å². The lowest BCUT2D eigenvalue weighted by Crippen LogP contribution is -2.32. The summed E-state index contributed by atoms with van der Waals surface area (Å²) < 4.78 is 39.9. The second-order valence-electron chi connectivity index (χ2n) is 5.42. The van der Waals surface area contributed by atoms with E-state index in [9.17, 15) is 27.7 Å². The lowest BCUT2D eigenvalue weighted by molar-refractivity contribution is -0.384. The van der Waals surface area contributed by atoms with E-state index in [0.29, 0.717) is 0 Å². The average Bonchev–Trinajstić information content (AvgIpc) is 2.59. The van der Waals surface area contributed by atoms with Gasteiger partial charge in [-0.2, -0.15) is 0 Å². The predicted molar refractivity (Wildman–Crippen MR) is 95.9 cm³/mol. The van der Waals surface area contributed by atoms with Crippen molar-refractivity contribution in [2.24, 2.45) is 0 Å². The van der Waals surface area contributed by atoms with Crippen LogP contribution in [0.25, 0.3) is 0 Å². The van der Waals surface area contributed by atoms with Crippen molar-refractivity contribution >= 4 is 39.0 Å². The van der Waals surface area contributed by atoms with Crippen molar-refractivity contribution in [3.63, 3.8) is 0 Å². The van der Waals surface area contributed by atoms with E-state index in [1.807, 2.05) is 0 Å². The number of anilines is 1. The lowest BCUT2D eigenvalue weighted by atomic mass is 10.2. The summed E-state index contributed by atoms with van der Waals surface area (Å²) in [5, 5.41) is 19.7. The molecule has 144 valence electrons. The Bertz CT molecular complexity index is 965. The number of non-ortho nitro benzene ring substituents is 1. The van der Waals surface area contributed by atoms with Gasteiger partial charge in [-0.1, -0.05) is 11.6 Å². The number of halogens is 2. The maximum Gasteiger partial charge on any atom is 0.303 e. The Balaban J connectivity index is 2.54. The predicted octanol–water partition coefficient (Wildman–Crippen LogP) is 3.45. The van der Waals surface area contributed by atoms with Crippen molar-refractivity contribution in [3.8, 4) is 0 Å². The molecule has 0 spiro atoms. The summed E-state index contributed by atoms with van der Waals surface area (Å²) in [6.07, 6.45) is -0.378. The number of hydrogen-bond donors (Lipinski definition) is 1. The number of carboxylic acid groups (broad SMARTS) is 1. The highest BCUT2D eigenvalue weighted by atomic mass is 35.5. The Labute approximate surface area is 159 Å². The summed E-state index contributed by atoms with van der Waals surface area (Å²) in [6, 6.07) is 7.28. The fourth-order valence-corrected chi connectivity index (χ4v) is 4.07. The first-order valence-corrected chi connectivity index (χ1v) is 9.39. The summed E-state index contributed by atoms with van der Waals surface area (Å²) in [7, 11) is -4.27.